The molecule has 1 aromatic rings. The topological polar surface area (TPSA) is 71.4 Å². The first-order chi connectivity index (χ1) is 9.78. The molecule has 0 aromatic heterocycles. The van der Waals surface area contributed by atoms with Crippen LogP contribution in [0.2, 0.25) is 0 Å². The second-order valence-electron chi connectivity index (χ2n) is 4.79. The number of amides is 1. The van der Waals surface area contributed by atoms with Gasteiger partial charge in [0.2, 0.25) is 5.91 Å². The Bertz CT molecular complexity index is 473. The van der Waals surface area contributed by atoms with Crippen LogP contribution in [-0.2, 0) is 14.3 Å². The minimum Gasteiger partial charge on any atom is -0.381 e. The lowest BCUT2D eigenvalue weighted by atomic mass is 10.1. The molecule has 5 heteroatoms. The molecule has 1 unspecified atom stereocenters. The van der Waals surface area contributed by atoms with Crippen molar-refractivity contribution in [2.75, 3.05) is 31.7 Å². The van der Waals surface area contributed by atoms with Crippen molar-refractivity contribution in [2.45, 2.75) is 12.8 Å². The lowest BCUT2D eigenvalue weighted by molar-refractivity contribution is -0.117. The summed E-state index contributed by atoms with van der Waals surface area (Å²) >= 11 is 0. The molecular formula is C15H18N2O3. The van der Waals surface area contributed by atoms with Crippen LogP contribution >= 0.6 is 0 Å². The molecule has 1 heterocycles. The molecule has 1 fully saturated rings. The summed E-state index contributed by atoms with van der Waals surface area (Å²) in [6.45, 7) is 2.65. The third kappa shape index (κ3) is 4.65. The Hall–Kier alpha value is -1.90. The van der Waals surface area contributed by atoms with Gasteiger partial charge < -0.3 is 14.8 Å². The van der Waals surface area contributed by atoms with Gasteiger partial charge in [-0.15, -0.1) is 0 Å². The Morgan fingerprint density at radius 1 is 1.45 bits per heavy atom. The van der Waals surface area contributed by atoms with E-state index in [1.807, 2.05) is 6.07 Å². The highest BCUT2D eigenvalue weighted by Gasteiger charge is 2.15. The van der Waals surface area contributed by atoms with Gasteiger partial charge in [-0.3, -0.25) is 4.79 Å². The number of hydrogen-bond donors (Lipinski definition) is 1. The molecule has 1 amide bonds. The van der Waals surface area contributed by atoms with E-state index < -0.39 is 0 Å². The Morgan fingerprint density at radius 2 is 2.25 bits per heavy atom. The number of nitrogens with zero attached hydrogens (tertiary/aromatic N) is 1. The van der Waals surface area contributed by atoms with Crippen LogP contribution in [0.1, 0.15) is 18.4 Å². The standard InChI is InChI=1S/C15H18N2O3/c16-9-12-1-3-14(4-2-12)17-15(18)6-8-20-11-13-5-7-19-10-13/h1-4,13H,5-8,10-11H2,(H,17,18). The Morgan fingerprint density at radius 3 is 2.90 bits per heavy atom. The lowest BCUT2D eigenvalue weighted by Gasteiger charge is -2.09. The maximum Gasteiger partial charge on any atom is 0.226 e. The molecular weight excluding hydrogens is 256 g/mol. The highest BCUT2D eigenvalue weighted by atomic mass is 16.5. The van der Waals surface area contributed by atoms with Gasteiger partial charge in [-0.1, -0.05) is 0 Å². The summed E-state index contributed by atoms with van der Waals surface area (Å²) in [7, 11) is 0. The number of rotatable bonds is 6. The zero-order valence-corrected chi connectivity index (χ0v) is 11.3. The van der Waals surface area contributed by atoms with E-state index in [2.05, 4.69) is 5.32 Å². The average molecular weight is 274 g/mol. The minimum absolute atomic E-state index is 0.0858. The minimum atomic E-state index is -0.0858. The van der Waals surface area contributed by atoms with Crippen LogP contribution in [0.25, 0.3) is 0 Å². The normalized spacial score (nSPS) is 17.6. The molecule has 1 atom stereocenters. The van der Waals surface area contributed by atoms with E-state index in [-0.39, 0.29) is 5.91 Å². The van der Waals surface area contributed by atoms with Crippen molar-refractivity contribution in [3.05, 3.63) is 29.8 Å². The van der Waals surface area contributed by atoms with Crippen molar-refractivity contribution in [2.24, 2.45) is 5.92 Å². The number of nitriles is 1. The van der Waals surface area contributed by atoms with Crippen LogP contribution in [0.15, 0.2) is 24.3 Å². The zero-order chi connectivity index (χ0) is 14.2. The highest BCUT2D eigenvalue weighted by Crippen LogP contribution is 2.12. The van der Waals surface area contributed by atoms with E-state index in [0.717, 1.165) is 19.6 Å². The van der Waals surface area contributed by atoms with E-state index in [1.54, 1.807) is 24.3 Å². The highest BCUT2D eigenvalue weighted by molar-refractivity contribution is 5.90. The van der Waals surface area contributed by atoms with Gasteiger partial charge in [-0.25, -0.2) is 0 Å². The molecule has 0 radical (unpaired) electrons. The summed E-state index contributed by atoms with van der Waals surface area (Å²) in [5, 5.41) is 11.4. The fourth-order valence-electron chi connectivity index (χ4n) is 1.98. The van der Waals surface area contributed by atoms with Crippen molar-refractivity contribution >= 4 is 11.6 Å². The Kier molecular flexibility index (Phi) is 5.54. The van der Waals surface area contributed by atoms with E-state index in [1.165, 1.54) is 0 Å². The third-order valence-corrected chi connectivity index (χ3v) is 3.15. The molecule has 0 aliphatic carbocycles. The van der Waals surface area contributed by atoms with Crippen molar-refractivity contribution in [3.8, 4) is 6.07 Å². The van der Waals surface area contributed by atoms with E-state index in [9.17, 15) is 4.79 Å². The van der Waals surface area contributed by atoms with Gasteiger partial charge in [0.05, 0.1) is 37.9 Å². The van der Waals surface area contributed by atoms with E-state index in [0.29, 0.717) is 36.8 Å². The van der Waals surface area contributed by atoms with E-state index in [4.69, 9.17) is 14.7 Å². The zero-order valence-electron chi connectivity index (χ0n) is 11.3. The maximum absolute atomic E-state index is 11.7. The first kappa shape index (κ1) is 14.5. The first-order valence-corrected chi connectivity index (χ1v) is 6.73. The fourth-order valence-corrected chi connectivity index (χ4v) is 1.98. The molecule has 0 saturated carbocycles. The SMILES string of the molecule is N#Cc1ccc(NC(=O)CCOCC2CCOC2)cc1. The number of nitrogens with one attached hydrogen (secondary N) is 1. The molecule has 1 aliphatic rings. The molecule has 106 valence electrons. The number of benzene rings is 1. The van der Waals surface area contributed by atoms with Crippen LogP contribution in [-0.4, -0.2) is 32.3 Å². The second kappa shape index (κ2) is 7.63. The molecule has 1 N–H and O–H groups in total. The Balaban J connectivity index is 1.63. The van der Waals surface area contributed by atoms with Crippen molar-refractivity contribution in [1.29, 1.82) is 5.26 Å². The predicted molar refractivity (Wildman–Crippen MR) is 74.1 cm³/mol. The third-order valence-electron chi connectivity index (χ3n) is 3.15. The average Bonchev–Trinajstić information content (AvgIpc) is 2.98. The van der Waals surface area contributed by atoms with Crippen molar-refractivity contribution in [3.63, 3.8) is 0 Å². The smallest absolute Gasteiger partial charge is 0.226 e. The van der Waals surface area contributed by atoms with Crippen molar-refractivity contribution < 1.29 is 14.3 Å². The predicted octanol–water partition coefficient (Wildman–Crippen LogP) is 1.94. The van der Waals surface area contributed by atoms with Gasteiger partial charge in [-0.2, -0.15) is 5.26 Å². The summed E-state index contributed by atoms with van der Waals surface area (Å²) in [6.07, 6.45) is 1.37. The molecule has 0 bridgehead atoms. The monoisotopic (exact) mass is 274 g/mol. The summed E-state index contributed by atoms with van der Waals surface area (Å²) in [5.41, 5.74) is 1.27. The number of hydrogen-bond acceptors (Lipinski definition) is 4. The number of anilines is 1. The van der Waals surface area contributed by atoms with Gasteiger partial charge in [0, 0.05) is 18.2 Å². The number of carbonyl (C=O) groups excluding carboxylic acids is 1. The second-order valence-corrected chi connectivity index (χ2v) is 4.79. The quantitative estimate of drug-likeness (QED) is 0.805. The van der Waals surface area contributed by atoms with Gasteiger partial charge in [0.15, 0.2) is 0 Å². The molecule has 5 nitrogen and oxygen atoms in total. The van der Waals surface area contributed by atoms with Crippen LogP contribution in [0.4, 0.5) is 5.69 Å². The Labute approximate surface area is 118 Å². The van der Waals surface area contributed by atoms with E-state index >= 15 is 0 Å². The maximum atomic E-state index is 11.7. The van der Waals surface area contributed by atoms with Crippen LogP contribution in [0, 0.1) is 17.2 Å². The molecule has 1 aliphatic heterocycles. The van der Waals surface area contributed by atoms with Gasteiger partial charge in [0.1, 0.15) is 0 Å². The van der Waals surface area contributed by atoms with Crippen LogP contribution < -0.4 is 5.32 Å². The lowest BCUT2D eigenvalue weighted by Crippen LogP contribution is -2.16. The summed E-state index contributed by atoms with van der Waals surface area (Å²) in [5.74, 6) is 0.383. The molecule has 1 aromatic carbocycles. The largest absolute Gasteiger partial charge is 0.381 e. The van der Waals surface area contributed by atoms with Gasteiger partial charge >= 0.3 is 0 Å². The molecule has 1 saturated heterocycles. The molecule has 0 spiro atoms. The van der Waals surface area contributed by atoms with Crippen LogP contribution in [0.3, 0.4) is 0 Å². The molecule has 2 rings (SSSR count). The number of ether oxygens (including phenoxy) is 2. The first-order valence-electron chi connectivity index (χ1n) is 6.73. The summed E-state index contributed by atoms with van der Waals surface area (Å²) < 4.78 is 10.7. The number of carbonyl (C=O) groups is 1. The van der Waals surface area contributed by atoms with Crippen LogP contribution in [0.5, 0.6) is 0 Å². The fraction of sp³-hybridized carbons (Fsp3) is 0.467. The molecule has 20 heavy (non-hydrogen) atoms. The van der Waals surface area contributed by atoms with Gasteiger partial charge in [0.25, 0.3) is 0 Å². The van der Waals surface area contributed by atoms with Gasteiger partial charge in [-0.05, 0) is 30.7 Å². The summed E-state index contributed by atoms with van der Waals surface area (Å²) in [6, 6.07) is 8.81. The van der Waals surface area contributed by atoms with Crippen molar-refractivity contribution in [1.82, 2.24) is 0 Å². The summed E-state index contributed by atoms with van der Waals surface area (Å²) in [4.78, 5) is 11.7.